The summed E-state index contributed by atoms with van der Waals surface area (Å²) in [5.74, 6) is 0.844. The van der Waals surface area contributed by atoms with Gasteiger partial charge in [0.15, 0.2) is 4.47 Å². The van der Waals surface area contributed by atoms with Crippen molar-refractivity contribution in [2.45, 2.75) is 10.1 Å². The minimum atomic E-state index is 0.606. The van der Waals surface area contributed by atoms with E-state index in [2.05, 4.69) is 9.97 Å². The molecule has 2 aromatic heterocycles. The van der Waals surface area contributed by atoms with Gasteiger partial charge in [-0.05, 0) is 0 Å². The van der Waals surface area contributed by atoms with Crippen LogP contribution in [0.25, 0.3) is 0 Å². The summed E-state index contributed by atoms with van der Waals surface area (Å²) in [6.07, 6.45) is 1.81. The fraction of sp³-hybridized carbons (Fsp3) is 0.143. The van der Waals surface area contributed by atoms with Gasteiger partial charge in [0.05, 0.1) is 5.69 Å². The lowest BCUT2D eigenvalue weighted by atomic mass is 10.6. The van der Waals surface area contributed by atoms with Gasteiger partial charge in [-0.3, -0.25) is 0 Å². The highest BCUT2D eigenvalue weighted by Crippen LogP contribution is 2.25. The number of aromatic nitrogens is 2. The Bertz CT molecular complexity index is 371. The van der Waals surface area contributed by atoms with Crippen LogP contribution in [-0.4, -0.2) is 9.97 Å². The maximum Gasteiger partial charge on any atom is 0.183 e. The van der Waals surface area contributed by atoms with E-state index >= 15 is 0 Å². The summed E-state index contributed by atoms with van der Waals surface area (Å²) in [6.45, 7) is 0. The van der Waals surface area contributed by atoms with Crippen molar-refractivity contribution in [2.24, 2.45) is 0 Å². The third-order valence-electron chi connectivity index (χ3n) is 1.28. The number of halogens is 1. The van der Waals surface area contributed by atoms with E-state index in [1.807, 2.05) is 10.8 Å². The first-order valence-electron chi connectivity index (χ1n) is 3.47. The molecule has 0 saturated carbocycles. The largest absolute Gasteiger partial charge is 0.238 e. The molecule has 0 fully saturated rings. The monoisotopic (exact) mass is 248 g/mol. The van der Waals surface area contributed by atoms with E-state index in [0.29, 0.717) is 4.47 Å². The van der Waals surface area contributed by atoms with Gasteiger partial charge in [0.2, 0.25) is 0 Å². The van der Waals surface area contributed by atoms with Crippen LogP contribution in [0.3, 0.4) is 0 Å². The van der Waals surface area contributed by atoms with Crippen LogP contribution in [-0.2, 0) is 5.75 Å². The minimum absolute atomic E-state index is 0.606. The highest BCUT2D eigenvalue weighted by Gasteiger charge is 2.01. The summed E-state index contributed by atoms with van der Waals surface area (Å²) in [5.41, 5.74) is 1.02. The van der Waals surface area contributed by atoms with Crippen molar-refractivity contribution in [1.82, 2.24) is 9.97 Å². The molecule has 0 bridgehead atoms. The molecule has 2 heterocycles. The number of hydrogen-bond acceptors (Lipinski definition) is 5. The van der Waals surface area contributed by atoms with Crippen LogP contribution in [0.4, 0.5) is 0 Å². The van der Waals surface area contributed by atoms with Crippen molar-refractivity contribution in [2.75, 3.05) is 0 Å². The summed E-state index contributed by atoms with van der Waals surface area (Å²) < 4.78 is 1.68. The van der Waals surface area contributed by atoms with Gasteiger partial charge in [-0.1, -0.05) is 23.4 Å². The van der Waals surface area contributed by atoms with E-state index in [4.69, 9.17) is 11.6 Å². The smallest absolute Gasteiger partial charge is 0.183 e. The molecular weight excluding hydrogens is 244 g/mol. The maximum atomic E-state index is 5.71. The van der Waals surface area contributed by atoms with Gasteiger partial charge >= 0.3 is 0 Å². The van der Waals surface area contributed by atoms with E-state index in [1.165, 1.54) is 11.3 Å². The summed E-state index contributed by atoms with van der Waals surface area (Å²) >= 11 is 10.5. The first-order chi connectivity index (χ1) is 6.34. The second-order valence-corrected chi connectivity index (χ2v) is 5.74. The zero-order valence-electron chi connectivity index (χ0n) is 6.44. The molecule has 0 aliphatic heterocycles. The second-order valence-electron chi connectivity index (χ2n) is 2.18. The van der Waals surface area contributed by atoms with E-state index in [1.54, 1.807) is 29.3 Å². The molecule has 0 aliphatic rings. The molecule has 13 heavy (non-hydrogen) atoms. The third kappa shape index (κ3) is 2.67. The predicted octanol–water partition coefficient (Wildman–Crippen LogP) is 3.55. The summed E-state index contributed by atoms with van der Waals surface area (Å²) in [4.78, 5) is 8.31. The van der Waals surface area contributed by atoms with Crippen molar-refractivity contribution in [3.63, 3.8) is 0 Å². The molecule has 0 amide bonds. The fourth-order valence-corrected chi connectivity index (χ4v) is 3.18. The predicted molar refractivity (Wildman–Crippen MR) is 58.8 cm³/mol. The van der Waals surface area contributed by atoms with E-state index in [-0.39, 0.29) is 0 Å². The molecule has 6 heteroatoms. The lowest BCUT2D eigenvalue weighted by Gasteiger charge is -1.91. The molecule has 0 saturated heterocycles. The summed E-state index contributed by atoms with van der Waals surface area (Å²) in [6, 6.07) is 0. The quantitative estimate of drug-likeness (QED) is 0.777. The maximum absolute atomic E-state index is 5.71. The molecule has 0 N–H and O–H groups in total. The molecule has 2 nitrogen and oxygen atoms in total. The topological polar surface area (TPSA) is 25.8 Å². The normalized spacial score (nSPS) is 10.5. The highest BCUT2D eigenvalue weighted by molar-refractivity contribution is 8.00. The molecule has 0 radical (unpaired) electrons. The van der Waals surface area contributed by atoms with Gasteiger partial charge < -0.3 is 0 Å². The molecule has 0 spiro atoms. The Kier molecular flexibility index (Phi) is 3.21. The van der Waals surface area contributed by atoms with Crippen LogP contribution in [0.5, 0.6) is 0 Å². The first-order valence-corrected chi connectivity index (χ1v) is 6.59. The molecule has 0 atom stereocenters. The number of thioether (sulfide) groups is 1. The average Bonchev–Trinajstić information content (AvgIpc) is 2.71. The lowest BCUT2D eigenvalue weighted by Crippen LogP contribution is -1.78. The summed E-state index contributed by atoms with van der Waals surface area (Å²) in [5, 5.41) is 3.94. The number of rotatable bonds is 3. The summed E-state index contributed by atoms with van der Waals surface area (Å²) in [7, 11) is 0. The SMILES string of the molecule is Clc1nc(CSc2nccs2)cs1. The van der Waals surface area contributed by atoms with Gasteiger partial charge in [-0.15, -0.1) is 22.7 Å². The second kappa shape index (κ2) is 4.41. The Hall–Kier alpha value is -0.100. The Morgan fingerprint density at radius 1 is 1.46 bits per heavy atom. The molecule has 2 rings (SSSR count). The molecule has 68 valence electrons. The molecule has 0 unspecified atom stereocenters. The Morgan fingerprint density at radius 3 is 3.00 bits per heavy atom. The van der Waals surface area contributed by atoms with Crippen LogP contribution >= 0.6 is 46.0 Å². The number of thiazole rings is 2. The zero-order valence-corrected chi connectivity index (χ0v) is 9.64. The Labute approximate surface area is 93.0 Å². The number of hydrogen-bond donors (Lipinski definition) is 0. The van der Waals surface area contributed by atoms with E-state index < -0.39 is 0 Å². The lowest BCUT2D eigenvalue weighted by molar-refractivity contribution is 1.21. The fourth-order valence-electron chi connectivity index (χ4n) is 0.766. The van der Waals surface area contributed by atoms with E-state index in [9.17, 15) is 0 Å². The highest BCUT2D eigenvalue weighted by atomic mass is 35.5. The van der Waals surface area contributed by atoms with Crippen LogP contribution in [0.15, 0.2) is 21.3 Å². The van der Waals surface area contributed by atoms with Gasteiger partial charge in [-0.2, -0.15) is 0 Å². The van der Waals surface area contributed by atoms with Crippen molar-refractivity contribution < 1.29 is 0 Å². The van der Waals surface area contributed by atoms with Crippen molar-refractivity contribution in [3.8, 4) is 0 Å². The Morgan fingerprint density at radius 2 is 2.38 bits per heavy atom. The zero-order chi connectivity index (χ0) is 9.10. The van der Waals surface area contributed by atoms with Gasteiger partial charge in [0, 0.05) is 22.7 Å². The van der Waals surface area contributed by atoms with Gasteiger partial charge in [0.1, 0.15) is 4.34 Å². The van der Waals surface area contributed by atoms with Crippen molar-refractivity contribution in [1.29, 1.82) is 0 Å². The van der Waals surface area contributed by atoms with Crippen LogP contribution < -0.4 is 0 Å². The standard InChI is InChI=1S/C7H5ClN2S3/c8-6-10-5(3-12-6)4-13-7-9-1-2-11-7/h1-3H,4H2. The van der Waals surface area contributed by atoms with E-state index in [0.717, 1.165) is 15.8 Å². The first kappa shape index (κ1) is 9.45. The molecule has 2 aromatic rings. The molecule has 0 aliphatic carbocycles. The minimum Gasteiger partial charge on any atom is -0.238 e. The van der Waals surface area contributed by atoms with Gasteiger partial charge in [-0.25, -0.2) is 9.97 Å². The molecular formula is C7H5ClN2S3. The van der Waals surface area contributed by atoms with Crippen molar-refractivity contribution in [3.05, 3.63) is 27.1 Å². The molecule has 0 aromatic carbocycles. The third-order valence-corrected chi connectivity index (χ3v) is 4.30. The van der Waals surface area contributed by atoms with Crippen LogP contribution in [0, 0.1) is 0 Å². The van der Waals surface area contributed by atoms with Crippen LogP contribution in [0.2, 0.25) is 4.47 Å². The number of nitrogens with zero attached hydrogens (tertiary/aromatic N) is 2. The van der Waals surface area contributed by atoms with Crippen molar-refractivity contribution >= 4 is 46.0 Å². The average molecular weight is 249 g/mol. The van der Waals surface area contributed by atoms with Crippen LogP contribution in [0.1, 0.15) is 5.69 Å². The van der Waals surface area contributed by atoms with Gasteiger partial charge in [0.25, 0.3) is 0 Å². The Balaban J connectivity index is 1.93.